The second kappa shape index (κ2) is 4.71. The molecule has 0 aliphatic carbocycles. The van der Waals surface area contributed by atoms with Crippen LogP contribution in [0.1, 0.15) is 10.5 Å². The minimum atomic E-state index is -3.81. The molecule has 1 amide bonds. The van der Waals surface area contributed by atoms with Crippen molar-refractivity contribution in [2.45, 2.75) is 4.90 Å². The molecule has 8 nitrogen and oxygen atoms in total. The molecule has 0 fully saturated rings. The largest absolute Gasteiger partial charge is 0.382 e. The third-order valence-corrected chi connectivity index (χ3v) is 3.17. The predicted molar refractivity (Wildman–Crippen MR) is 68.8 cm³/mol. The van der Waals surface area contributed by atoms with Crippen LogP contribution in [0.25, 0.3) is 0 Å². The van der Waals surface area contributed by atoms with Crippen LogP contribution in [-0.2, 0) is 10.0 Å². The highest BCUT2D eigenvalue weighted by Crippen LogP contribution is 2.15. The van der Waals surface area contributed by atoms with E-state index in [4.69, 9.17) is 10.9 Å². The van der Waals surface area contributed by atoms with Crippen LogP contribution in [-0.4, -0.2) is 24.5 Å². The Bertz CT molecular complexity index is 722. The van der Waals surface area contributed by atoms with E-state index in [2.05, 4.69) is 15.5 Å². The quantitative estimate of drug-likeness (QED) is 0.620. The van der Waals surface area contributed by atoms with Crippen LogP contribution in [0, 0.1) is 0 Å². The van der Waals surface area contributed by atoms with Gasteiger partial charge in [0.05, 0.1) is 4.90 Å². The molecular formula is C10H11N5O3S. The Balaban J connectivity index is 2.22. The Labute approximate surface area is 108 Å². The highest BCUT2D eigenvalue weighted by molar-refractivity contribution is 7.89. The van der Waals surface area contributed by atoms with E-state index in [0.717, 1.165) is 0 Å². The number of carbonyl (C=O) groups is 1. The number of aromatic nitrogens is 2. The third kappa shape index (κ3) is 3.09. The number of anilines is 2. The molecule has 2 aromatic rings. The SMILES string of the molecule is Nc1cc(C(=O)Nc2cccc(S(N)(=O)=O)c2)[nH]n1. The van der Waals surface area contributed by atoms with Gasteiger partial charge in [0.1, 0.15) is 11.5 Å². The van der Waals surface area contributed by atoms with E-state index in [1.54, 1.807) is 0 Å². The molecule has 0 spiro atoms. The molecule has 2 rings (SSSR count). The number of H-pyrrole nitrogens is 1. The van der Waals surface area contributed by atoms with Gasteiger partial charge in [-0.15, -0.1) is 0 Å². The zero-order valence-electron chi connectivity index (χ0n) is 9.62. The number of nitrogens with zero attached hydrogens (tertiary/aromatic N) is 1. The molecule has 0 atom stereocenters. The molecule has 0 saturated carbocycles. The Morgan fingerprint density at radius 3 is 2.63 bits per heavy atom. The molecule has 1 aromatic heterocycles. The number of hydrogen-bond acceptors (Lipinski definition) is 5. The molecule has 0 radical (unpaired) electrons. The van der Waals surface area contributed by atoms with Crippen molar-refractivity contribution in [3.05, 3.63) is 36.0 Å². The number of hydrogen-bond donors (Lipinski definition) is 4. The van der Waals surface area contributed by atoms with E-state index in [1.807, 2.05) is 0 Å². The molecule has 0 unspecified atom stereocenters. The van der Waals surface area contributed by atoms with E-state index in [0.29, 0.717) is 5.69 Å². The molecule has 0 saturated heterocycles. The lowest BCUT2D eigenvalue weighted by molar-refractivity contribution is 0.102. The molecule has 0 bridgehead atoms. The van der Waals surface area contributed by atoms with Crippen molar-refractivity contribution in [1.82, 2.24) is 10.2 Å². The number of nitrogens with two attached hydrogens (primary N) is 2. The summed E-state index contributed by atoms with van der Waals surface area (Å²) < 4.78 is 22.4. The van der Waals surface area contributed by atoms with Crippen LogP contribution in [0.4, 0.5) is 11.5 Å². The molecule has 1 heterocycles. The highest BCUT2D eigenvalue weighted by atomic mass is 32.2. The van der Waals surface area contributed by atoms with Gasteiger partial charge in [-0.2, -0.15) is 5.10 Å². The maximum absolute atomic E-state index is 11.8. The summed E-state index contributed by atoms with van der Waals surface area (Å²) in [6, 6.07) is 6.95. The number of nitrogens with one attached hydrogen (secondary N) is 2. The molecule has 19 heavy (non-hydrogen) atoms. The fraction of sp³-hybridized carbons (Fsp3) is 0. The summed E-state index contributed by atoms with van der Waals surface area (Å²) in [5.41, 5.74) is 5.83. The number of aromatic amines is 1. The van der Waals surface area contributed by atoms with Crippen molar-refractivity contribution in [3.63, 3.8) is 0 Å². The Morgan fingerprint density at radius 1 is 1.32 bits per heavy atom. The lowest BCUT2D eigenvalue weighted by Crippen LogP contribution is -2.15. The van der Waals surface area contributed by atoms with Gasteiger partial charge in [-0.3, -0.25) is 9.89 Å². The van der Waals surface area contributed by atoms with Crippen LogP contribution in [0.5, 0.6) is 0 Å². The molecule has 1 aromatic carbocycles. The van der Waals surface area contributed by atoms with Gasteiger partial charge < -0.3 is 11.1 Å². The van der Waals surface area contributed by atoms with E-state index in [-0.39, 0.29) is 16.4 Å². The first-order valence-electron chi connectivity index (χ1n) is 5.11. The molecule has 0 aliphatic rings. The molecular weight excluding hydrogens is 270 g/mol. The van der Waals surface area contributed by atoms with E-state index >= 15 is 0 Å². The maximum atomic E-state index is 11.8. The van der Waals surface area contributed by atoms with Gasteiger partial charge in [0.25, 0.3) is 5.91 Å². The monoisotopic (exact) mass is 281 g/mol. The molecule has 0 aliphatic heterocycles. The smallest absolute Gasteiger partial charge is 0.273 e. The van der Waals surface area contributed by atoms with Crippen molar-refractivity contribution >= 4 is 27.4 Å². The average Bonchev–Trinajstić information content (AvgIpc) is 2.75. The van der Waals surface area contributed by atoms with Crippen LogP contribution in [0.15, 0.2) is 35.2 Å². The number of benzene rings is 1. The summed E-state index contributed by atoms with van der Waals surface area (Å²) in [5.74, 6) is -0.306. The summed E-state index contributed by atoms with van der Waals surface area (Å²) in [7, 11) is -3.81. The fourth-order valence-electron chi connectivity index (χ4n) is 1.40. The van der Waals surface area contributed by atoms with Gasteiger partial charge in [0.2, 0.25) is 10.0 Å². The van der Waals surface area contributed by atoms with Crippen LogP contribution >= 0.6 is 0 Å². The molecule has 100 valence electrons. The normalized spacial score (nSPS) is 11.2. The Kier molecular flexibility index (Phi) is 3.23. The first kappa shape index (κ1) is 13.1. The van der Waals surface area contributed by atoms with Crippen molar-refractivity contribution < 1.29 is 13.2 Å². The third-order valence-electron chi connectivity index (χ3n) is 2.26. The first-order chi connectivity index (χ1) is 8.86. The number of primary sulfonamides is 1. The van der Waals surface area contributed by atoms with Gasteiger partial charge in [-0.1, -0.05) is 6.07 Å². The van der Waals surface area contributed by atoms with Crippen LogP contribution in [0.3, 0.4) is 0 Å². The highest BCUT2D eigenvalue weighted by Gasteiger charge is 2.12. The Hall–Kier alpha value is -2.39. The van der Waals surface area contributed by atoms with Gasteiger partial charge in [0.15, 0.2) is 0 Å². The topological polar surface area (TPSA) is 144 Å². The van der Waals surface area contributed by atoms with E-state index in [9.17, 15) is 13.2 Å². The van der Waals surface area contributed by atoms with Crippen molar-refractivity contribution in [2.75, 3.05) is 11.1 Å². The van der Waals surface area contributed by atoms with Crippen molar-refractivity contribution in [2.24, 2.45) is 5.14 Å². The summed E-state index contributed by atoms with van der Waals surface area (Å²) >= 11 is 0. The summed E-state index contributed by atoms with van der Waals surface area (Å²) in [6.07, 6.45) is 0. The maximum Gasteiger partial charge on any atom is 0.273 e. The van der Waals surface area contributed by atoms with Gasteiger partial charge in [0, 0.05) is 11.8 Å². The molecule has 6 N–H and O–H groups in total. The van der Waals surface area contributed by atoms with Crippen LogP contribution in [0.2, 0.25) is 0 Å². The number of nitrogen functional groups attached to an aromatic ring is 1. The number of rotatable bonds is 3. The molecule has 9 heteroatoms. The summed E-state index contributed by atoms with van der Waals surface area (Å²) in [4.78, 5) is 11.7. The van der Waals surface area contributed by atoms with Gasteiger partial charge in [-0.25, -0.2) is 13.6 Å². The van der Waals surface area contributed by atoms with E-state index in [1.165, 1.54) is 30.3 Å². The number of carbonyl (C=O) groups excluding carboxylic acids is 1. The fourth-order valence-corrected chi connectivity index (χ4v) is 1.96. The average molecular weight is 281 g/mol. The summed E-state index contributed by atoms with van der Waals surface area (Å²) in [6.45, 7) is 0. The first-order valence-corrected chi connectivity index (χ1v) is 6.66. The van der Waals surface area contributed by atoms with E-state index < -0.39 is 15.9 Å². The van der Waals surface area contributed by atoms with Gasteiger partial charge in [-0.05, 0) is 18.2 Å². The predicted octanol–water partition coefficient (Wildman–Crippen LogP) is -0.108. The minimum Gasteiger partial charge on any atom is -0.382 e. The zero-order valence-corrected chi connectivity index (χ0v) is 10.4. The number of amides is 1. The van der Waals surface area contributed by atoms with Gasteiger partial charge >= 0.3 is 0 Å². The minimum absolute atomic E-state index is 0.0885. The zero-order chi connectivity index (χ0) is 14.0. The van der Waals surface area contributed by atoms with Crippen LogP contribution < -0.4 is 16.2 Å². The van der Waals surface area contributed by atoms with Crippen molar-refractivity contribution in [1.29, 1.82) is 0 Å². The standard InChI is InChI=1S/C10H11N5O3S/c11-9-5-8(14-15-9)10(16)13-6-2-1-3-7(4-6)19(12,17)18/h1-5H,(H,13,16)(H3,11,14,15)(H2,12,17,18). The Morgan fingerprint density at radius 2 is 2.05 bits per heavy atom. The number of sulfonamides is 1. The second-order valence-electron chi connectivity index (χ2n) is 3.73. The van der Waals surface area contributed by atoms with Crippen molar-refractivity contribution in [3.8, 4) is 0 Å². The lowest BCUT2D eigenvalue weighted by atomic mass is 10.3. The summed E-state index contributed by atoms with van der Waals surface area (Å²) in [5, 5.41) is 13.5. The lowest BCUT2D eigenvalue weighted by Gasteiger charge is -2.05. The second-order valence-corrected chi connectivity index (χ2v) is 5.29.